The van der Waals surface area contributed by atoms with Gasteiger partial charge in [0.25, 0.3) is 0 Å². The predicted molar refractivity (Wildman–Crippen MR) is 29.3 cm³/mol. The fourth-order valence-electron chi connectivity index (χ4n) is 0.206. The highest BCUT2D eigenvalue weighted by atomic mass is 16.3. The Morgan fingerprint density at radius 1 is 1.86 bits per heavy atom. The van der Waals surface area contributed by atoms with Crippen LogP contribution < -0.4 is 5.43 Å². The molecule has 3 heteroatoms. The first-order chi connectivity index (χ1) is 3.41. The van der Waals surface area contributed by atoms with E-state index in [9.17, 15) is 0 Å². The van der Waals surface area contributed by atoms with Gasteiger partial charge in [-0.25, -0.2) is 0 Å². The first-order valence-electron chi connectivity index (χ1n) is 2.23. The van der Waals surface area contributed by atoms with Crippen molar-refractivity contribution in [3.63, 3.8) is 0 Å². The Labute approximate surface area is 43.0 Å². The second-order valence-electron chi connectivity index (χ2n) is 1.02. The van der Waals surface area contributed by atoms with Gasteiger partial charge in [0, 0.05) is 6.21 Å². The topological polar surface area (TPSA) is 44.6 Å². The van der Waals surface area contributed by atoms with Crippen molar-refractivity contribution in [3.05, 3.63) is 0 Å². The number of nitrogens with one attached hydrogen (secondary N) is 1. The van der Waals surface area contributed by atoms with Crippen LogP contribution in [0.25, 0.3) is 0 Å². The molecule has 3 nitrogen and oxygen atoms in total. The minimum atomic E-state index is 0.136. The second kappa shape index (κ2) is 5.43. The summed E-state index contributed by atoms with van der Waals surface area (Å²) in [6.07, 6.45) is 1.63. The third-order valence-electron chi connectivity index (χ3n) is 0.444. The maximum Gasteiger partial charge on any atom is 0.0620 e. The van der Waals surface area contributed by atoms with Crippen molar-refractivity contribution in [2.75, 3.05) is 13.2 Å². The molecular formula is C4H10N2O. The Morgan fingerprint density at radius 3 is 3.00 bits per heavy atom. The average molecular weight is 102 g/mol. The summed E-state index contributed by atoms with van der Waals surface area (Å²) < 4.78 is 0. The SMILES string of the molecule is C/C=N\NCCO. The lowest BCUT2D eigenvalue weighted by molar-refractivity contribution is 0.294. The van der Waals surface area contributed by atoms with E-state index >= 15 is 0 Å². The lowest BCUT2D eigenvalue weighted by Gasteiger charge is -1.90. The zero-order chi connectivity index (χ0) is 5.54. The average Bonchev–Trinajstić information content (AvgIpc) is 1.69. The van der Waals surface area contributed by atoms with Gasteiger partial charge in [-0.15, -0.1) is 0 Å². The lowest BCUT2D eigenvalue weighted by atomic mass is 10.7. The molecule has 42 valence electrons. The predicted octanol–water partition coefficient (Wildman–Crippen LogP) is -0.426. The molecule has 7 heavy (non-hydrogen) atoms. The molecule has 0 aliphatic heterocycles. The number of hydrogen-bond donors (Lipinski definition) is 2. The molecule has 0 bridgehead atoms. The largest absolute Gasteiger partial charge is 0.394 e. The summed E-state index contributed by atoms with van der Waals surface area (Å²) in [5, 5.41) is 11.8. The highest BCUT2D eigenvalue weighted by Gasteiger charge is 1.70. The van der Waals surface area contributed by atoms with Gasteiger partial charge in [-0.1, -0.05) is 0 Å². The summed E-state index contributed by atoms with van der Waals surface area (Å²) in [7, 11) is 0. The van der Waals surface area contributed by atoms with Crippen molar-refractivity contribution in [2.45, 2.75) is 6.92 Å². The summed E-state index contributed by atoms with van der Waals surface area (Å²) in [4.78, 5) is 0. The van der Waals surface area contributed by atoms with Crippen LogP contribution in [0.15, 0.2) is 5.10 Å². The van der Waals surface area contributed by atoms with Gasteiger partial charge in [0.2, 0.25) is 0 Å². The van der Waals surface area contributed by atoms with Crippen LogP contribution in [0, 0.1) is 0 Å². The van der Waals surface area contributed by atoms with Crippen LogP contribution in [0.3, 0.4) is 0 Å². The van der Waals surface area contributed by atoms with Crippen LogP contribution >= 0.6 is 0 Å². The van der Waals surface area contributed by atoms with Gasteiger partial charge >= 0.3 is 0 Å². The quantitative estimate of drug-likeness (QED) is 0.288. The van der Waals surface area contributed by atoms with E-state index in [-0.39, 0.29) is 6.61 Å². The van der Waals surface area contributed by atoms with Crippen molar-refractivity contribution >= 4 is 6.21 Å². The summed E-state index contributed by atoms with van der Waals surface area (Å²) in [5.41, 5.74) is 2.60. The zero-order valence-corrected chi connectivity index (χ0v) is 4.39. The number of nitrogens with zero attached hydrogens (tertiary/aromatic N) is 1. The molecular weight excluding hydrogens is 92.1 g/mol. The van der Waals surface area contributed by atoms with Gasteiger partial charge in [0.1, 0.15) is 0 Å². The Morgan fingerprint density at radius 2 is 2.57 bits per heavy atom. The first kappa shape index (κ1) is 6.43. The Hall–Kier alpha value is -0.570. The third kappa shape index (κ3) is 5.43. The molecule has 0 fully saturated rings. The fraction of sp³-hybridized carbons (Fsp3) is 0.750. The van der Waals surface area contributed by atoms with Gasteiger partial charge < -0.3 is 10.5 Å². The smallest absolute Gasteiger partial charge is 0.0620 e. The minimum absolute atomic E-state index is 0.136. The van der Waals surface area contributed by atoms with E-state index in [1.165, 1.54) is 0 Å². The highest BCUT2D eigenvalue weighted by molar-refractivity contribution is 5.52. The molecule has 0 aliphatic rings. The van der Waals surface area contributed by atoms with Gasteiger partial charge in [-0.2, -0.15) is 5.10 Å². The van der Waals surface area contributed by atoms with Crippen molar-refractivity contribution in [2.24, 2.45) is 5.10 Å². The molecule has 0 radical (unpaired) electrons. The minimum Gasteiger partial charge on any atom is -0.394 e. The Balaban J connectivity index is 2.69. The summed E-state index contributed by atoms with van der Waals surface area (Å²) >= 11 is 0. The van der Waals surface area contributed by atoms with Gasteiger partial charge in [-0.05, 0) is 6.92 Å². The molecule has 0 aliphatic carbocycles. The molecule has 0 rings (SSSR count). The van der Waals surface area contributed by atoms with Crippen LogP contribution in [0.4, 0.5) is 0 Å². The van der Waals surface area contributed by atoms with Crippen molar-refractivity contribution in [1.82, 2.24) is 5.43 Å². The molecule has 0 unspecified atom stereocenters. The first-order valence-corrected chi connectivity index (χ1v) is 2.23. The number of hydrazone groups is 1. The van der Waals surface area contributed by atoms with Crippen molar-refractivity contribution < 1.29 is 5.11 Å². The Kier molecular flexibility index (Phi) is 4.99. The van der Waals surface area contributed by atoms with Crippen LogP contribution in [0.2, 0.25) is 0 Å². The number of aliphatic hydroxyl groups is 1. The van der Waals surface area contributed by atoms with E-state index in [0.29, 0.717) is 6.54 Å². The lowest BCUT2D eigenvalue weighted by Crippen LogP contribution is -2.10. The van der Waals surface area contributed by atoms with Gasteiger partial charge in [0.15, 0.2) is 0 Å². The molecule has 0 saturated carbocycles. The third-order valence-corrected chi connectivity index (χ3v) is 0.444. The van der Waals surface area contributed by atoms with Crippen LogP contribution in [-0.2, 0) is 0 Å². The highest BCUT2D eigenvalue weighted by Crippen LogP contribution is 1.54. The molecule has 0 aromatic rings. The number of aliphatic hydroxyl groups excluding tert-OH is 1. The van der Waals surface area contributed by atoms with E-state index in [4.69, 9.17) is 5.11 Å². The summed E-state index contributed by atoms with van der Waals surface area (Å²) in [6, 6.07) is 0. The van der Waals surface area contributed by atoms with E-state index < -0.39 is 0 Å². The van der Waals surface area contributed by atoms with Crippen LogP contribution in [0.1, 0.15) is 6.92 Å². The van der Waals surface area contributed by atoms with Crippen molar-refractivity contribution in [1.29, 1.82) is 0 Å². The van der Waals surface area contributed by atoms with Gasteiger partial charge in [-0.3, -0.25) is 0 Å². The van der Waals surface area contributed by atoms with Crippen LogP contribution in [0.5, 0.6) is 0 Å². The van der Waals surface area contributed by atoms with Crippen LogP contribution in [-0.4, -0.2) is 24.5 Å². The molecule has 2 N–H and O–H groups in total. The molecule has 0 saturated heterocycles. The van der Waals surface area contributed by atoms with E-state index in [1.54, 1.807) is 6.21 Å². The standard InChI is InChI=1S/C4H10N2O/c1-2-5-6-3-4-7/h2,6-7H,3-4H2,1H3/b5-2-. The number of rotatable bonds is 3. The molecule has 0 heterocycles. The maximum absolute atomic E-state index is 8.16. The van der Waals surface area contributed by atoms with Gasteiger partial charge in [0.05, 0.1) is 13.2 Å². The monoisotopic (exact) mass is 102 g/mol. The zero-order valence-electron chi connectivity index (χ0n) is 4.39. The molecule has 0 atom stereocenters. The van der Waals surface area contributed by atoms with E-state index in [0.717, 1.165) is 0 Å². The molecule has 0 spiro atoms. The Bertz CT molecular complexity index is 53.7. The summed E-state index contributed by atoms with van der Waals surface area (Å²) in [5.74, 6) is 0. The van der Waals surface area contributed by atoms with E-state index in [2.05, 4.69) is 10.5 Å². The normalized spacial score (nSPS) is 10.0. The fourth-order valence-corrected chi connectivity index (χ4v) is 0.206. The second-order valence-corrected chi connectivity index (χ2v) is 1.02. The van der Waals surface area contributed by atoms with Crippen molar-refractivity contribution in [3.8, 4) is 0 Å². The molecule has 0 amide bonds. The van der Waals surface area contributed by atoms with E-state index in [1.807, 2.05) is 6.92 Å². The summed E-state index contributed by atoms with van der Waals surface area (Å²) in [6.45, 7) is 2.48. The molecule has 0 aromatic heterocycles. The number of hydrogen-bond acceptors (Lipinski definition) is 3. The maximum atomic E-state index is 8.16. The molecule has 0 aromatic carbocycles.